The van der Waals surface area contributed by atoms with Gasteiger partial charge in [0.05, 0.1) is 6.04 Å². The Hall–Kier alpha value is -2.41. The highest BCUT2D eigenvalue weighted by Gasteiger charge is 2.39. The lowest BCUT2D eigenvalue weighted by Gasteiger charge is -2.34. The summed E-state index contributed by atoms with van der Waals surface area (Å²) in [6.07, 6.45) is 0.515. The maximum Gasteiger partial charge on any atom is 0.273 e. The van der Waals surface area contributed by atoms with Gasteiger partial charge in [0.2, 0.25) is 5.91 Å². The van der Waals surface area contributed by atoms with Gasteiger partial charge in [-0.05, 0) is 37.8 Å². The Kier molecular flexibility index (Phi) is 6.02. The summed E-state index contributed by atoms with van der Waals surface area (Å²) < 4.78 is 0. The fourth-order valence-corrected chi connectivity index (χ4v) is 3.21. The van der Waals surface area contributed by atoms with Crippen molar-refractivity contribution in [3.63, 3.8) is 0 Å². The molecule has 142 valence electrons. The van der Waals surface area contributed by atoms with Gasteiger partial charge in [-0.15, -0.1) is 0 Å². The second kappa shape index (κ2) is 7.86. The normalized spacial score (nSPS) is 18.8. The van der Waals surface area contributed by atoms with Gasteiger partial charge in [-0.3, -0.25) is 19.4 Å². The number of fused-ring (bicyclic) bond motifs is 1. The van der Waals surface area contributed by atoms with Crippen LogP contribution in [0.2, 0.25) is 0 Å². The van der Waals surface area contributed by atoms with Gasteiger partial charge in [0.1, 0.15) is 6.04 Å². The smallest absolute Gasteiger partial charge is 0.273 e. The van der Waals surface area contributed by atoms with Crippen molar-refractivity contribution in [2.75, 3.05) is 7.05 Å². The third-order valence-corrected chi connectivity index (χ3v) is 4.44. The van der Waals surface area contributed by atoms with Crippen molar-refractivity contribution in [1.29, 1.82) is 0 Å². The van der Waals surface area contributed by atoms with E-state index in [1.807, 2.05) is 27.7 Å². The SMILES string of the molecule is CC(C)C[C@H](N)C(=O)N[C@@H]1C(=O)N(C)N(C(C)C)C(=O)c2ccccc21. The predicted molar refractivity (Wildman–Crippen MR) is 98.8 cm³/mol. The average Bonchev–Trinajstić information content (AvgIpc) is 2.64. The molecule has 3 amide bonds. The summed E-state index contributed by atoms with van der Waals surface area (Å²) in [6, 6.07) is 5.00. The van der Waals surface area contributed by atoms with E-state index >= 15 is 0 Å². The van der Waals surface area contributed by atoms with Gasteiger partial charge in [-0.2, -0.15) is 0 Å². The highest BCUT2D eigenvalue weighted by Crippen LogP contribution is 2.27. The van der Waals surface area contributed by atoms with Crippen LogP contribution < -0.4 is 11.1 Å². The first-order valence-electron chi connectivity index (χ1n) is 8.91. The van der Waals surface area contributed by atoms with Crippen LogP contribution in [0.1, 0.15) is 56.1 Å². The Morgan fingerprint density at radius 1 is 1.19 bits per heavy atom. The van der Waals surface area contributed by atoms with E-state index in [1.54, 1.807) is 31.3 Å². The van der Waals surface area contributed by atoms with Crippen LogP contribution in [-0.4, -0.2) is 46.9 Å². The molecular weight excluding hydrogens is 332 g/mol. The molecule has 1 aromatic carbocycles. The molecule has 0 aromatic heterocycles. The number of hydrazine groups is 1. The van der Waals surface area contributed by atoms with Crippen LogP contribution in [0.25, 0.3) is 0 Å². The summed E-state index contributed by atoms with van der Waals surface area (Å²) in [6.45, 7) is 7.63. The third kappa shape index (κ3) is 3.88. The van der Waals surface area contributed by atoms with Crippen molar-refractivity contribution in [3.05, 3.63) is 35.4 Å². The van der Waals surface area contributed by atoms with Crippen LogP contribution in [0, 0.1) is 5.92 Å². The molecule has 7 heteroatoms. The van der Waals surface area contributed by atoms with Gasteiger partial charge in [0.25, 0.3) is 11.8 Å². The van der Waals surface area contributed by atoms with Gasteiger partial charge >= 0.3 is 0 Å². The van der Waals surface area contributed by atoms with E-state index < -0.39 is 18.0 Å². The number of benzene rings is 1. The van der Waals surface area contributed by atoms with Gasteiger partial charge in [-0.1, -0.05) is 32.0 Å². The Morgan fingerprint density at radius 3 is 2.38 bits per heavy atom. The molecule has 1 aliphatic rings. The fourth-order valence-electron chi connectivity index (χ4n) is 3.21. The van der Waals surface area contributed by atoms with E-state index in [4.69, 9.17) is 5.73 Å². The molecule has 0 aliphatic carbocycles. The molecule has 2 atom stereocenters. The number of amides is 3. The first kappa shape index (κ1) is 19.9. The second-order valence-electron chi connectivity index (χ2n) is 7.37. The number of carbonyl (C=O) groups is 3. The molecule has 0 bridgehead atoms. The zero-order valence-corrected chi connectivity index (χ0v) is 16.0. The van der Waals surface area contributed by atoms with Crippen molar-refractivity contribution in [3.8, 4) is 0 Å². The molecule has 7 nitrogen and oxygen atoms in total. The summed E-state index contributed by atoms with van der Waals surface area (Å²) >= 11 is 0. The largest absolute Gasteiger partial charge is 0.339 e. The summed E-state index contributed by atoms with van der Waals surface area (Å²) in [4.78, 5) is 38.5. The summed E-state index contributed by atoms with van der Waals surface area (Å²) in [5.74, 6) is -0.781. The average molecular weight is 360 g/mol. The second-order valence-corrected chi connectivity index (χ2v) is 7.37. The lowest BCUT2D eigenvalue weighted by Crippen LogP contribution is -2.53. The first-order chi connectivity index (χ1) is 12.1. The van der Waals surface area contributed by atoms with Gasteiger partial charge in [0, 0.05) is 18.7 Å². The van der Waals surface area contributed by atoms with Crippen molar-refractivity contribution >= 4 is 17.7 Å². The molecular formula is C19H28N4O3. The zero-order valence-electron chi connectivity index (χ0n) is 16.0. The number of carbonyl (C=O) groups excluding carboxylic acids is 3. The number of nitrogens with one attached hydrogen (secondary N) is 1. The lowest BCUT2D eigenvalue weighted by molar-refractivity contribution is -0.147. The van der Waals surface area contributed by atoms with Crippen LogP contribution >= 0.6 is 0 Å². The first-order valence-corrected chi connectivity index (χ1v) is 8.91. The summed E-state index contributed by atoms with van der Waals surface area (Å²) in [5, 5.41) is 5.43. The van der Waals surface area contributed by atoms with Crippen molar-refractivity contribution < 1.29 is 14.4 Å². The molecule has 0 saturated carbocycles. The molecule has 1 aromatic rings. The number of rotatable bonds is 5. The maximum absolute atomic E-state index is 13.0. The quantitative estimate of drug-likeness (QED) is 0.831. The monoisotopic (exact) mass is 360 g/mol. The minimum Gasteiger partial charge on any atom is -0.339 e. The summed E-state index contributed by atoms with van der Waals surface area (Å²) in [5.41, 5.74) is 6.86. The van der Waals surface area contributed by atoms with Gasteiger partial charge in [-0.25, -0.2) is 5.01 Å². The molecule has 3 N–H and O–H groups in total. The molecule has 0 saturated heterocycles. The Balaban J connectivity index is 2.42. The number of likely N-dealkylation sites (N-methyl/N-ethyl adjacent to an activating group) is 1. The van der Waals surface area contributed by atoms with E-state index in [0.717, 1.165) is 0 Å². The van der Waals surface area contributed by atoms with E-state index in [9.17, 15) is 14.4 Å². The van der Waals surface area contributed by atoms with Crippen LogP contribution in [0.3, 0.4) is 0 Å². The minimum atomic E-state index is -0.949. The molecule has 1 heterocycles. The standard InChI is InChI=1S/C19H28N4O3/c1-11(2)10-15(20)17(24)21-16-13-8-6-7-9-14(13)18(25)23(12(3)4)22(5)19(16)26/h6-9,11-12,15-16H,10,20H2,1-5H3,(H,21,24)/t15-,16-/m0/s1. The van der Waals surface area contributed by atoms with Gasteiger partial charge in [0.15, 0.2) is 0 Å². The van der Waals surface area contributed by atoms with Crippen LogP contribution in [0.4, 0.5) is 0 Å². The van der Waals surface area contributed by atoms with E-state index in [-0.39, 0.29) is 23.8 Å². The van der Waals surface area contributed by atoms with Crippen molar-refractivity contribution in [1.82, 2.24) is 15.3 Å². The van der Waals surface area contributed by atoms with E-state index in [2.05, 4.69) is 5.32 Å². The molecule has 0 fully saturated rings. The molecule has 0 unspecified atom stereocenters. The highest BCUT2D eigenvalue weighted by molar-refractivity contribution is 6.02. The van der Waals surface area contributed by atoms with E-state index in [0.29, 0.717) is 17.5 Å². The summed E-state index contributed by atoms with van der Waals surface area (Å²) in [7, 11) is 1.54. The maximum atomic E-state index is 13.0. The van der Waals surface area contributed by atoms with Crippen LogP contribution in [0.15, 0.2) is 24.3 Å². The van der Waals surface area contributed by atoms with Gasteiger partial charge < -0.3 is 11.1 Å². The number of hydrogen-bond donors (Lipinski definition) is 2. The Bertz CT molecular complexity index is 702. The fraction of sp³-hybridized carbons (Fsp3) is 0.526. The molecule has 26 heavy (non-hydrogen) atoms. The Labute approximate surface area is 154 Å². The van der Waals surface area contributed by atoms with E-state index in [1.165, 1.54) is 10.0 Å². The van der Waals surface area contributed by atoms with Crippen LogP contribution in [0.5, 0.6) is 0 Å². The third-order valence-electron chi connectivity index (χ3n) is 4.44. The zero-order chi connectivity index (χ0) is 19.6. The topological polar surface area (TPSA) is 95.7 Å². The predicted octanol–water partition coefficient (Wildman–Crippen LogP) is 1.45. The van der Waals surface area contributed by atoms with Crippen molar-refractivity contribution in [2.45, 2.75) is 52.2 Å². The molecule has 1 aliphatic heterocycles. The number of hydrogen-bond acceptors (Lipinski definition) is 4. The van der Waals surface area contributed by atoms with Crippen LogP contribution in [-0.2, 0) is 9.59 Å². The molecule has 0 spiro atoms. The number of nitrogens with two attached hydrogens (primary N) is 1. The lowest BCUT2D eigenvalue weighted by atomic mass is 9.98. The number of nitrogens with zero attached hydrogens (tertiary/aromatic N) is 2. The molecule has 2 rings (SSSR count). The molecule has 0 radical (unpaired) electrons. The highest BCUT2D eigenvalue weighted by atomic mass is 16.2. The Morgan fingerprint density at radius 2 is 1.81 bits per heavy atom. The minimum absolute atomic E-state index is 0.206. The van der Waals surface area contributed by atoms with Crippen molar-refractivity contribution in [2.24, 2.45) is 11.7 Å².